The van der Waals surface area contributed by atoms with E-state index in [0.29, 0.717) is 0 Å². The molecule has 0 saturated heterocycles. The summed E-state index contributed by atoms with van der Waals surface area (Å²) in [7, 11) is 0.351. The Kier molecular flexibility index (Phi) is 4.15. The second kappa shape index (κ2) is 5.56. The molecule has 0 saturated carbocycles. The van der Waals surface area contributed by atoms with Gasteiger partial charge < -0.3 is 4.74 Å². The number of methoxy groups -OCH3 is 1. The van der Waals surface area contributed by atoms with Crippen LogP contribution in [0.25, 0.3) is 0 Å². The summed E-state index contributed by atoms with van der Waals surface area (Å²) in [6.07, 6.45) is 4.46. The molecule has 0 aromatic heterocycles. The van der Waals surface area contributed by atoms with Crippen molar-refractivity contribution in [1.29, 1.82) is 0 Å². The number of hydrogen-bond donors (Lipinski definition) is 0. The maximum Gasteiger partial charge on any atom is 0.147 e. The number of hydrogen-bond acceptors (Lipinski definition) is 1. The van der Waals surface area contributed by atoms with Gasteiger partial charge in [-0.25, -0.2) is 0 Å². The lowest BCUT2D eigenvalue weighted by Crippen LogP contribution is -2.29. The molecule has 0 atom stereocenters. The number of nitrogens with zero attached hydrogens (tertiary/aromatic N) is 1. The standard InChI is InChI=1S/C18H25NOSi/c1-13-8-9-15(20-4)11-16(13)17-10-14(2)18(12-19(17)3)21(5,6)7/h8-12H,3H2,1-2,4-7H3. The molecule has 0 spiro atoms. The molecule has 0 aliphatic carbocycles. The van der Waals surface area contributed by atoms with Crippen LogP contribution in [0.1, 0.15) is 18.1 Å². The summed E-state index contributed by atoms with van der Waals surface area (Å²) in [6, 6.07) is 7.30. The molecule has 2 rings (SSSR count). The summed E-state index contributed by atoms with van der Waals surface area (Å²) < 4.78 is 7.36. The largest absolute Gasteiger partial charge is 0.503 e. The predicted molar refractivity (Wildman–Crippen MR) is 92.6 cm³/mol. The Morgan fingerprint density at radius 2 is 1.86 bits per heavy atom. The van der Waals surface area contributed by atoms with Gasteiger partial charge in [0.25, 0.3) is 0 Å². The fourth-order valence-electron chi connectivity index (χ4n) is 2.71. The number of aryl methyl sites for hydroxylation is 1. The first kappa shape index (κ1) is 15.6. The lowest BCUT2D eigenvalue weighted by atomic mass is 9.97. The van der Waals surface area contributed by atoms with Crippen LogP contribution in [0.15, 0.2) is 41.2 Å². The van der Waals surface area contributed by atoms with Gasteiger partial charge in [-0.05, 0) is 22.9 Å². The number of benzene rings is 1. The number of rotatable bonds is 3. The van der Waals surface area contributed by atoms with Crippen LogP contribution in [0, 0.1) is 13.0 Å². The quantitative estimate of drug-likeness (QED) is 0.460. The molecule has 1 aromatic carbocycles. The molecule has 1 aromatic rings. The molecule has 0 radical (unpaired) electrons. The fraction of sp³-hybridized carbons (Fsp3) is 0.333. The second-order valence-electron chi connectivity index (χ2n) is 6.66. The van der Waals surface area contributed by atoms with E-state index in [-0.39, 0.29) is 0 Å². The molecule has 112 valence electrons. The van der Waals surface area contributed by atoms with Crippen molar-refractivity contribution in [3.05, 3.63) is 58.4 Å². The highest BCUT2D eigenvalue weighted by Crippen LogP contribution is 2.33. The monoisotopic (exact) mass is 299 g/mol. The van der Waals surface area contributed by atoms with Crippen molar-refractivity contribution in [3.8, 4) is 5.75 Å². The third kappa shape index (κ3) is 3.13. The minimum Gasteiger partial charge on any atom is -0.503 e. The van der Waals surface area contributed by atoms with Crippen molar-refractivity contribution in [2.75, 3.05) is 7.11 Å². The lowest BCUT2D eigenvalue weighted by Gasteiger charge is -2.29. The van der Waals surface area contributed by atoms with Gasteiger partial charge in [0.1, 0.15) is 12.2 Å². The third-order valence-electron chi connectivity index (χ3n) is 3.90. The summed E-state index contributed by atoms with van der Waals surface area (Å²) in [4.78, 5) is 0. The molecule has 0 bridgehead atoms. The Morgan fingerprint density at radius 3 is 2.43 bits per heavy atom. The Hall–Kier alpha value is -1.74. The fourth-order valence-corrected chi connectivity index (χ4v) is 4.51. The van der Waals surface area contributed by atoms with Crippen LogP contribution in [0.2, 0.25) is 19.6 Å². The van der Waals surface area contributed by atoms with E-state index in [1.54, 1.807) is 7.11 Å². The molecule has 1 heterocycles. The molecule has 0 unspecified atom stereocenters. The molecular weight excluding hydrogens is 274 g/mol. The Morgan fingerprint density at radius 1 is 1.19 bits per heavy atom. The zero-order valence-electron chi connectivity index (χ0n) is 13.9. The van der Waals surface area contributed by atoms with Crippen molar-refractivity contribution in [1.82, 2.24) is 0 Å². The first-order valence-electron chi connectivity index (χ1n) is 7.26. The Balaban J connectivity index is 2.45. The minimum absolute atomic E-state index is 0.877. The maximum absolute atomic E-state index is 5.36. The first-order valence-corrected chi connectivity index (χ1v) is 10.8. The van der Waals surface area contributed by atoms with E-state index in [2.05, 4.69) is 64.6 Å². The van der Waals surface area contributed by atoms with Gasteiger partial charge in [0.05, 0.1) is 27.7 Å². The summed E-state index contributed by atoms with van der Waals surface area (Å²) in [6.45, 7) is 15.6. The summed E-state index contributed by atoms with van der Waals surface area (Å²) in [5, 5.41) is 1.46. The average molecular weight is 299 g/mol. The van der Waals surface area contributed by atoms with E-state index >= 15 is 0 Å². The first-order chi connectivity index (χ1) is 9.74. The van der Waals surface area contributed by atoms with Crippen LogP contribution in [0.3, 0.4) is 0 Å². The van der Waals surface area contributed by atoms with E-state index in [1.807, 2.05) is 10.6 Å². The summed E-state index contributed by atoms with van der Waals surface area (Å²) in [5.74, 6) is 0.877. The van der Waals surface area contributed by atoms with E-state index in [0.717, 1.165) is 11.8 Å². The van der Waals surface area contributed by atoms with Crippen LogP contribution in [-0.4, -0.2) is 26.5 Å². The normalized spacial score (nSPS) is 15.7. The molecule has 0 amide bonds. The Bertz CT molecular complexity index is 635. The van der Waals surface area contributed by atoms with Crippen molar-refractivity contribution in [3.63, 3.8) is 0 Å². The summed E-state index contributed by atoms with van der Waals surface area (Å²) >= 11 is 0. The highest BCUT2D eigenvalue weighted by Gasteiger charge is 2.27. The van der Waals surface area contributed by atoms with Gasteiger partial charge in [-0.1, -0.05) is 56.8 Å². The molecule has 3 heteroatoms. The van der Waals surface area contributed by atoms with Gasteiger partial charge in [-0.2, -0.15) is 0 Å². The van der Waals surface area contributed by atoms with Crippen LogP contribution in [-0.2, 0) is 0 Å². The smallest absolute Gasteiger partial charge is 0.147 e. The zero-order valence-corrected chi connectivity index (χ0v) is 14.9. The molecule has 1 aliphatic rings. The highest BCUT2D eigenvalue weighted by atomic mass is 28.3. The van der Waals surface area contributed by atoms with Gasteiger partial charge in [-0.15, -0.1) is 0 Å². The van der Waals surface area contributed by atoms with Crippen LogP contribution < -0.4 is 4.74 Å². The average Bonchev–Trinajstić information content (AvgIpc) is 2.40. The van der Waals surface area contributed by atoms with Crippen molar-refractivity contribution in [2.24, 2.45) is 0 Å². The number of allylic oxidation sites excluding steroid dienone is 2. The SMILES string of the molecule is C=[N+]1C=C([Si](C)(C)C)C(C)=C[C-]1c1cc(OC)ccc1C. The van der Waals surface area contributed by atoms with E-state index in [9.17, 15) is 0 Å². The van der Waals surface area contributed by atoms with Crippen molar-refractivity contribution >= 4 is 14.8 Å². The van der Waals surface area contributed by atoms with Crippen LogP contribution >= 0.6 is 0 Å². The molecule has 21 heavy (non-hydrogen) atoms. The third-order valence-corrected chi connectivity index (χ3v) is 6.04. The van der Waals surface area contributed by atoms with Gasteiger partial charge in [0, 0.05) is 0 Å². The molecular formula is C18H25NOSi. The van der Waals surface area contributed by atoms with Gasteiger partial charge >= 0.3 is 0 Å². The van der Waals surface area contributed by atoms with Crippen LogP contribution in [0.4, 0.5) is 0 Å². The molecule has 2 nitrogen and oxygen atoms in total. The topological polar surface area (TPSA) is 12.2 Å². The molecule has 0 N–H and O–H groups in total. The van der Waals surface area contributed by atoms with Crippen LogP contribution in [0.5, 0.6) is 5.75 Å². The second-order valence-corrected chi connectivity index (χ2v) is 11.7. The summed E-state index contributed by atoms with van der Waals surface area (Å²) in [5.41, 5.74) is 3.76. The predicted octanol–water partition coefficient (Wildman–Crippen LogP) is 4.32. The van der Waals surface area contributed by atoms with Crippen molar-refractivity contribution in [2.45, 2.75) is 33.5 Å². The van der Waals surface area contributed by atoms with Gasteiger partial charge in [0.2, 0.25) is 0 Å². The maximum atomic E-state index is 5.36. The van der Waals surface area contributed by atoms with E-state index < -0.39 is 8.07 Å². The van der Waals surface area contributed by atoms with Crippen molar-refractivity contribution < 1.29 is 9.31 Å². The van der Waals surface area contributed by atoms with E-state index in [4.69, 9.17) is 4.74 Å². The number of ether oxygens (including phenoxy) is 1. The zero-order chi connectivity index (χ0) is 15.8. The Labute approximate surface area is 129 Å². The minimum atomic E-state index is -1.35. The van der Waals surface area contributed by atoms with Gasteiger partial charge in [-0.3, -0.25) is 4.58 Å². The highest BCUT2D eigenvalue weighted by molar-refractivity contribution is 6.84. The lowest BCUT2D eigenvalue weighted by molar-refractivity contribution is -0.418. The molecule has 0 fully saturated rings. The molecule has 1 aliphatic heterocycles. The van der Waals surface area contributed by atoms with Gasteiger partial charge in [0.15, 0.2) is 0 Å². The van der Waals surface area contributed by atoms with E-state index in [1.165, 1.54) is 21.9 Å².